The molecule has 3 heterocycles. The summed E-state index contributed by atoms with van der Waals surface area (Å²) in [6.07, 6.45) is 1.93. The average molecular weight is 306 g/mol. The van der Waals surface area contributed by atoms with Crippen molar-refractivity contribution >= 4 is 5.91 Å². The Morgan fingerprint density at radius 2 is 2.18 bits per heavy atom. The molecule has 1 aromatic heterocycles. The lowest BCUT2D eigenvalue weighted by atomic mass is 9.96. The van der Waals surface area contributed by atoms with E-state index >= 15 is 0 Å². The van der Waals surface area contributed by atoms with Crippen molar-refractivity contribution in [1.82, 2.24) is 19.4 Å². The summed E-state index contributed by atoms with van der Waals surface area (Å²) in [5.74, 6) is 1.21. The van der Waals surface area contributed by atoms with E-state index in [2.05, 4.69) is 42.1 Å². The summed E-state index contributed by atoms with van der Waals surface area (Å²) in [4.78, 5) is 21.2. The number of amides is 1. The minimum Gasteiger partial charge on any atom is -0.372 e. The third-order valence-corrected chi connectivity index (χ3v) is 4.50. The summed E-state index contributed by atoms with van der Waals surface area (Å²) in [7, 11) is 0. The van der Waals surface area contributed by atoms with Crippen LogP contribution < -0.4 is 0 Å². The second-order valence-corrected chi connectivity index (χ2v) is 7.19. The predicted molar refractivity (Wildman–Crippen MR) is 83.2 cm³/mol. The van der Waals surface area contributed by atoms with Crippen LogP contribution in [0.25, 0.3) is 0 Å². The third-order valence-electron chi connectivity index (χ3n) is 4.50. The van der Waals surface area contributed by atoms with Crippen molar-refractivity contribution in [1.29, 1.82) is 0 Å². The van der Waals surface area contributed by atoms with Crippen LogP contribution in [0.3, 0.4) is 0 Å². The fourth-order valence-corrected chi connectivity index (χ4v) is 3.90. The Labute approximate surface area is 132 Å². The van der Waals surface area contributed by atoms with E-state index in [1.807, 2.05) is 11.1 Å². The number of fused-ring (bicyclic) bond motifs is 1. The number of rotatable bonds is 3. The van der Waals surface area contributed by atoms with Gasteiger partial charge in [0.1, 0.15) is 12.4 Å². The van der Waals surface area contributed by atoms with Crippen LogP contribution in [-0.2, 0) is 29.2 Å². The summed E-state index contributed by atoms with van der Waals surface area (Å²) in [5.41, 5.74) is 1.04. The van der Waals surface area contributed by atoms with E-state index in [4.69, 9.17) is 4.74 Å². The number of carbonyl (C=O) groups is 1. The van der Waals surface area contributed by atoms with Gasteiger partial charge in [-0.3, -0.25) is 9.69 Å². The highest BCUT2D eigenvalue weighted by Crippen LogP contribution is 2.25. The lowest BCUT2D eigenvalue weighted by Crippen LogP contribution is -2.63. The SMILES string of the molecule is CC(C)N1C(=O)CN(Cc2cnc3n2CCOC3)CC1(C)C. The molecule has 0 N–H and O–H groups in total. The quantitative estimate of drug-likeness (QED) is 0.843. The maximum absolute atomic E-state index is 12.5. The molecule has 0 spiro atoms. The van der Waals surface area contributed by atoms with Gasteiger partial charge >= 0.3 is 0 Å². The zero-order valence-corrected chi connectivity index (χ0v) is 14.0. The second kappa shape index (κ2) is 5.66. The maximum Gasteiger partial charge on any atom is 0.237 e. The van der Waals surface area contributed by atoms with Gasteiger partial charge in [-0.25, -0.2) is 4.98 Å². The minimum absolute atomic E-state index is 0.142. The van der Waals surface area contributed by atoms with Crippen molar-refractivity contribution in [3.63, 3.8) is 0 Å². The summed E-state index contributed by atoms with van der Waals surface area (Å²) >= 11 is 0. The van der Waals surface area contributed by atoms with E-state index in [1.54, 1.807) is 0 Å². The van der Waals surface area contributed by atoms with Gasteiger partial charge in [-0.15, -0.1) is 0 Å². The molecule has 1 aromatic rings. The molecule has 1 saturated heterocycles. The lowest BCUT2D eigenvalue weighted by Gasteiger charge is -2.49. The summed E-state index contributed by atoms with van der Waals surface area (Å²) in [6, 6.07) is 0.240. The molecule has 0 radical (unpaired) electrons. The molecule has 1 amide bonds. The molecule has 6 nitrogen and oxygen atoms in total. The fraction of sp³-hybridized carbons (Fsp3) is 0.750. The Morgan fingerprint density at radius 1 is 1.41 bits per heavy atom. The number of carbonyl (C=O) groups excluding carboxylic acids is 1. The molecule has 0 unspecified atom stereocenters. The standard InChI is InChI=1S/C16H26N4O2/c1-12(2)20-15(21)9-18(11-16(20,3)4)8-13-7-17-14-10-22-6-5-19(13)14/h7,12H,5-6,8-11H2,1-4H3. The number of hydrogen-bond acceptors (Lipinski definition) is 4. The van der Waals surface area contributed by atoms with Gasteiger partial charge in [0.25, 0.3) is 0 Å². The van der Waals surface area contributed by atoms with Gasteiger partial charge in [0.05, 0.1) is 24.4 Å². The van der Waals surface area contributed by atoms with Gasteiger partial charge in [0.2, 0.25) is 5.91 Å². The Morgan fingerprint density at radius 3 is 2.86 bits per heavy atom. The number of piperazine rings is 1. The first-order valence-electron chi connectivity index (χ1n) is 8.04. The largest absolute Gasteiger partial charge is 0.372 e. The van der Waals surface area contributed by atoms with E-state index in [1.165, 1.54) is 5.69 Å². The van der Waals surface area contributed by atoms with E-state index in [0.717, 1.165) is 32.1 Å². The van der Waals surface area contributed by atoms with E-state index in [0.29, 0.717) is 13.2 Å². The van der Waals surface area contributed by atoms with Gasteiger partial charge in [0.15, 0.2) is 0 Å². The summed E-state index contributed by atoms with van der Waals surface area (Å²) in [5, 5.41) is 0. The van der Waals surface area contributed by atoms with Crippen molar-refractivity contribution in [2.45, 2.75) is 59.0 Å². The van der Waals surface area contributed by atoms with Crippen LogP contribution in [0.15, 0.2) is 6.20 Å². The Hall–Kier alpha value is -1.40. The lowest BCUT2D eigenvalue weighted by molar-refractivity contribution is -0.148. The molecule has 0 aliphatic carbocycles. The van der Waals surface area contributed by atoms with Crippen LogP contribution in [0.2, 0.25) is 0 Å². The second-order valence-electron chi connectivity index (χ2n) is 7.19. The molecule has 0 aromatic carbocycles. The smallest absolute Gasteiger partial charge is 0.237 e. The highest BCUT2D eigenvalue weighted by molar-refractivity contribution is 5.80. The van der Waals surface area contributed by atoms with Crippen LogP contribution in [0.1, 0.15) is 39.2 Å². The normalized spacial score (nSPS) is 22.2. The average Bonchev–Trinajstić information content (AvgIpc) is 2.80. The first-order chi connectivity index (χ1) is 10.4. The van der Waals surface area contributed by atoms with Crippen LogP contribution in [-0.4, -0.2) is 56.5 Å². The van der Waals surface area contributed by atoms with E-state index in [-0.39, 0.29) is 17.5 Å². The molecule has 0 bridgehead atoms. The van der Waals surface area contributed by atoms with Gasteiger partial charge < -0.3 is 14.2 Å². The van der Waals surface area contributed by atoms with Crippen molar-refractivity contribution in [2.24, 2.45) is 0 Å². The fourth-order valence-electron chi connectivity index (χ4n) is 3.90. The molecule has 122 valence electrons. The summed E-state index contributed by atoms with van der Waals surface area (Å²) in [6.45, 7) is 12.8. The molecule has 22 heavy (non-hydrogen) atoms. The van der Waals surface area contributed by atoms with Gasteiger partial charge in [-0.05, 0) is 27.7 Å². The van der Waals surface area contributed by atoms with Crippen LogP contribution >= 0.6 is 0 Å². The van der Waals surface area contributed by atoms with Gasteiger partial charge in [-0.1, -0.05) is 0 Å². The molecule has 0 atom stereocenters. The molecule has 1 fully saturated rings. The molecular formula is C16H26N4O2. The topological polar surface area (TPSA) is 50.6 Å². The van der Waals surface area contributed by atoms with Gasteiger partial charge in [-0.2, -0.15) is 0 Å². The molecular weight excluding hydrogens is 280 g/mol. The van der Waals surface area contributed by atoms with Crippen molar-refractivity contribution in [3.05, 3.63) is 17.7 Å². The van der Waals surface area contributed by atoms with Crippen molar-refractivity contribution < 1.29 is 9.53 Å². The molecule has 3 rings (SSSR count). The number of ether oxygens (including phenoxy) is 1. The van der Waals surface area contributed by atoms with Crippen molar-refractivity contribution in [2.75, 3.05) is 19.7 Å². The Kier molecular flexibility index (Phi) is 3.99. The highest BCUT2D eigenvalue weighted by atomic mass is 16.5. The zero-order valence-electron chi connectivity index (χ0n) is 14.0. The molecule has 0 saturated carbocycles. The Balaban J connectivity index is 1.75. The van der Waals surface area contributed by atoms with Gasteiger partial charge in [0, 0.05) is 31.9 Å². The van der Waals surface area contributed by atoms with E-state index < -0.39 is 0 Å². The maximum atomic E-state index is 12.5. The number of aromatic nitrogens is 2. The molecule has 2 aliphatic heterocycles. The monoisotopic (exact) mass is 306 g/mol. The molecule has 2 aliphatic rings. The van der Waals surface area contributed by atoms with Crippen LogP contribution in [0.4, 0.5) is 0 Å². The predicted octanol–water partition coefficient (Wildman–Crippen LogP) is 1.24. The number of nitrogens with zero attached hydrogens (tertiary/aromatic N) is 4. The number of imidazole rings is 1. The zero-order chi connectivity index (χ0) is 15.9. The molecule has 6 heteroatoms. The highest BCUT2D eigenvalue weighted by Gasteiger charge is 2.39. The first-order valence-corrected chi connectivity index (χ1v) is 8.04. The van der Waals surface area contributed by atoms with Crippen LogP contribution in [0.5, 0.6) is 0 Å². The van der Waals surface area contributed by atoms with E-state index in [9.17, 15) is 4.79 Å². The third kappa shape index (κ3) is 2.77. The van der Waals surface area contributed by atoms with Crippen molar-refractivity contribution in [3.8, 4) is 0 Å². The van der Waals surface area contributed by atoms with Crippen LogP contribution in [0, 0.1) is 0 Å². The number of hydrogen-bond donors (Lipinski definition) is 0. The summed E-state index contributed by atoms with van der Waals surface area (Å²) < 4.78 is 7.66. The first kappa shape index (κ1) is 15.5. The minimum atomic E-state index is -0.142. The Bertz CT molecular complexity index is 564.